The van der Waals surface area contributed by atoms with Gasteiger partial charge in [-0.3, -0.25) is 4.79 Å². The quantitative estimate of drug-likeness (QED) is 0.597. The molecule has 0 atom stereocenters. The summed E-state index contributed by atoms with van der Waals surface area (Å²) in [6, 6.07) is 0.301. The van der Waals surface area contributed by atoms with Crippen LogP contribution in [0.1, 0.15) is 32.1 Å². The van der Waals surface area contributed by atoms with Gasteiger partial charge < -0.3 is 20.1 Å². The number of methoxy groups -OCH3 is 1. The van der Waals surface area contributed by atoms with Crippen molar-refractivity contribution in [3.8, 4) is 0 Å². The standard InChI is InChI=1S/C13H26N2O3/c1-17-8-4-2-3-7-14-11-13(16)15-12-5-9-18-10-6-12/h12,14H,2-11H2,1H3,(H,15,16). The van der Waals surface area contributed by atoms with Crippen molar-refractivity contribution in [3.05, 3.63) is 0 Å². The molecular formula is C13H26N2O3. The minimum atomic E-state index is 0.0961. The van der Waals surface area contributed by atoms with Crippen LogP contribution in [0.3, 0.4) is 0 Å². The first-order valence-corrected chi connectivity index (χ1v) is 6.89. The molecule has 0 radical (unpaired) electrons. The van der Waals surface area contributed by atoms with E-state index in [4.69, 9.17) is 9.47 Å². The van der Waals surface area contributed by atoms with Crippen LogP contribution in [0.4, 0.5) is 0 Å². The summed E-state index contributed by atoms with van der Waals surface area (Å²) in [4.78, 5) is 11.6. The molecule has 1 aliphatic rings. The number of ether oxygens (including phenoxy) is 2. The minimum Gasteiger partial charge on any atom is -0.385 e. The summed E-state index contributed by atoms with van der Waals surface area (Å²) in [7, 11) is 1.72. The molecule has 1 amide bonds. The molecule has 2 N–H and O–H groups in total. The summed E-state index contributed by atoms with van der Waals surface area (Å²) in [5.74, 6) is 0.0961. The molecule has 0 aromatic heterocycles. The predicted octanol–water partition coefficient (Wildman–Crippen LogP) is 0.688. The number of hydrogen-bond donors (Lipinski definition) is 2. The first-order chi connectivity index (χ1) is 8.83. The van der Waals surface area contributed by atoms with Gasteiger partial charge in [0.1, 0.15) is 0 Å². The van der Waals surface area contributed by atoms with Gasteiger partial charge in [-0.1, -0.05) is 0 Å². The zero-order valence-electron chi connectivity index (χ0n) is 11.4. The third-order valence-electron chi connectivity index (χ3n) is 3.07. The van der Waals surface area contributed by atoms with Gasteiger partial charge in [0.25, 0.3) is 0 Å². The normalized spacial score (nSPS) is 16.7. The lowest BCUT2D eigenvalue weighted by molar-refractivity contribution is -0.121. The Balaban J connectivity index is 1.90. The van der Waals surface area contributed by atoms with E-state index in [1.165, 1.54) is 0 Å². The van der Waals surface area contributed by atoms with Crippen LogP contribution in [0.2, 0.25) is 0 Å². The fourth-order valence-electron chi connectivity index (χ4n) is 2.00. The van der Waals surface area contributed by atoms with Crippen molar-refractivity contribution < 1.29 is 14.3 Å². The Morgan fingerprint density at radius 3 is 2.78 bits per heavy atom. The van der Waals surface area contributed by atoms with E-state index in [9.17, 15) is 4.79 Å². The molecule has 106 valence electrons. The van der Waals surface area contributed by atoms with E-state index in [1.807, 2.05) is 0 Å². The number of amides is 1. The average molecular weight is 258 g/mol. The van der Waals surface area contributed by atoms with Gasteiger partial charge in [0.15, 0.2) is 0 Å². The average Bonchev–Trinajstić information content (AvgIpc) is 2.39. The fourth-order valence-corrected chi connectivity index (χ4v) is 2.00. The summed E-state index contributed by atoms with van der Waals surface area (Å²) in [5, 5.41) is 6.20. The molecule has 1 rings (SSSR count). The topological polar surface area (TPSA) is 59.6 Å². The molecule has 1 saturated heterocycles. The van der Waals surface area contributed by atoms with Crippen LogP contribution >= 0.6 is 0 Å². The molecule has 1 aliphatic heterocycles. The maximum atomic E-state index is 11.6. The smallest absolute Gasteiger partial charge is 0.234 e. The number of nitrogens with one attached hydrogen (secondary N) is 2. The summed E-state index contributed by atoms with van der Waals surface area (Å²) in [6.45, 7) is 3.66. The molecule has 0 aromatic carbocycles. The Morgan fingerprint density at radius 1 is 1.28 bits per heavy atom. The molecule has 5 nitrogen and oxygen atoms in total. The highest BCUT2D eigenvalue weighted by atomic mass is 16.5. The first kappa shape index (κ1) is 15.4. The van der Waals surface area contributed by atoms with Gasteiger partial charge in [0.2, 0.25) is 5.91 Å². The lowest BCUT2D eigenvalue weighted by Crippen LogP contribution is -2.43. The SMILES string of the molecule is COCCCCCNCC(=O)NC1CCOCC1. The molecule has 0 aromatic rings. The maximum absolute atomic E-state index is 11.6. The monoisotopic (exact) mass is 258 g/mol. The zero-order chi connectivity index (χ0) is 13.1. The van der Waals surface area contributed by atoms with E-state index in [2.05, 4.69) is 10.6 Å². The Kier molecular flexibility index (Phi) is 8.81. The summed E-state index contributed by atoms with van der Waals surface area (Å²) < 4.78 is 10.2. The predicted molar refractivity (Wildman–Crippen MR) is 70.6 cm³/mol. The Morgan fingerprint density at radius 2 is 2.06 bits per heavy atom. The number of carbonyl (C=O) groups is 1. The van der Waals surface area contributed by atoms with Gasteiger partial charge in [0, 0.05) is 33.0 Å². The van der Waals surface area contributed by atoms with Gasteiger partial charge in [-0.15, -0.1) is 0 Å². The number of unbranched alkanes of at least 4 members (excludes halogenated alkanes) is 2. The van der Waals surface area contributed by atoms with Crippen molar-refractivity contribution in [2.75, 3.05) is 40.0 Å². The molecule has 0 bridgehead atoms. The van der Waals surface area contributed by atoms with Crippen LogP contribution in [0.15, 0.2) is 0 Å². The van der Waals surface area contributed by atoms with Gasteiger partial charge in [-0.05, 0) is 38.6 Å². The second kappa shape index (κ2) is 10.3. The Labute approximate surface area is 110 Å². The van der Waals surface area contributed by atoms with Crippen LogP contribution in [0.25, 0.3) is 0 Å². The van der Waals surface area contributed by atoms with Crippen LogP contribution < -0.4 is 10.6 Å². The molecule has 0 unspecified atom stereocenters. The van der Waals surface area contributed by atoms with E-state index < -0.39 is 0 Å². The first-order valence-electron chi connectivity index (χ1n) is 6.89. The summed E-state index contributed by atoms with van der Waals surface area (Å²) in [6.07, 6.45) is 5.19. The van der Waals surface area contributed by atoms with E-state index in [0.29, 0.717) is 12.6 Å². The van der Waals surface area contributed by atoms with E-state index >= 15 is 0 Å². The van der Waals surface area contributed by atoms with Crippen molar-refractivity contribution in [1.29, 1.82) is 0 Å². The molecular weight excluding hydrogens is 232 g/mol. The molecule has 0 spiro atoms. The fraction of sp³-hybridized carbons (Fsp3) is 0.923. The zero-order valence-corrected chi connectivity index (χ0v) is 11.4. The second-order valence-electron chi connectivity index (χ2n) is 4.68. The van der Waals surface area contributed by atoms with Crippen LogP contribution in [-0.4, -0.2) is 52.0 Å². The number of rotatable bonds is 9. The van der Waals surface area contributed by atoms with Crippen molar-refractivity contribution in [1.82, 2.24) is 10.6 Å². The highest BCUT2D eigenvalue weighted by Crippen LogP contribution is 2.05. The minimum absolute atomic E-state index is 0.0961. The third kappa shape index (κ3) is 7.63. The molecule has 5 heteroatoms. The van der Waals surface area contributed by atoms with Crippen LogP contribution in [0, 0.1) is 0 Å². The van der Waals surface area contributed by atoms with Crippen molar-refractivity contribution >= 4 is 5.91 Å². The van der Waals surface area contributed by atoms with Gasteiger partial charge in [0.05, 0.1) is 6.54 Å². The van der Waals surface area contributed by atoms with E-state index in [0.717, 1.165) is 58.5 Å². The van der Waals surface area contributed by atoms with Crippen LogP contribution in [0.5, 0.6) is 0 Å². The molecule has 1 heterocycles. The van der Waals surface area contributed by atoms with Crippen molar-refractivity contribution in [3.63, 3.8) is 0 Å². The number of carbonyl (C=O) groups excluding carboxylic acids is 1. The van der Waals surface area contributed by atoms with Gasteiger partial charge in [-0.25, -0.2) is 0 Å². The van der Waals surface area contributed by atoms with Gasteiger partial charge >= 0.3 is 0 Å². The Hall–Kier alpha value is -0.650. The molecule has 1 fully saturated rings. The molecule has 18 heavy (non-hydrogen) atoms. The lowest BCUT2D eigenvalue weighted by Gasteiger charge is -2.23. The van der Waals surface area contributed by atoms with Gasteiger partial charge in [-0.2, -0.15) is 0 Å². The maximum Gasteiger partial charge on any atom is 0.234 e. The van der Waals surface area contributed by atoms with Crippen molar-refractivity contribution in [2.24, 2.45) is 0 Å². The molecule has 0 saturated carbocycles. The third-order valence-corrected chi connectivity index (χ3v) is 3.07. The second-order valence-corrected chi connectivity index (χ2v) is 4.68. The summed E-state index contributed by atoms with van der Waals surface area (Å²) in [5.41, 5.74) is 0. The van der Waals surface area contributed by atoms with Crippen LogP contribution in [-0.2, 0) is 14.3 Å². The lowest BCUT2D eigenvalue weighted by atomic mass is 10.1. The van der Waals surface area contributed by atoms with E-state index in [-0.39, 0.29) is 5.91 Å². The van der Waals surface area contributed by atoms with E-state index in [1.54, 1.807) is 7.11 Å². The summed E-state index contributed by atoms with van der Waals surface area (Å²) >= 11 is 0. The largest absolute Gasteiger partial charge is 0.385 e. The van der Waals surface area contributed by atoms with Crippen molar-refractivity contribution in [2.45, 2.75) is 38.1 Å². The highest BCUT2D eigenvalue weighted by molar-refractivity contribution is 5.78. The molecule has 0 aliphatic carbocycles. The highest BCUT2D eigenvalue weighted by Gasteiger charge is 2.15. The number of hydrogen-bond acceptors (Lipinski definition) is 4. The Bertz CT molecular complexity index is 218.